The van der Waals surface area contributed by atoms with Crippen molar-refractivity contribution in [1.82, 2.24) is 0 Å². The Kier molecular flexibility index (Phi) is 4.59. The van der Waals surface area contributed by atoms with Crippen molar-refractivity contribution in [3.8, 4) is 0 Å². The van der Waals surface area contributed by atoms with E-state index in [9.17, 15) is 4.39 Å². The van der Waals surface area contributed by atoms with Crippen molar-refractivity contribution >= 4 is 21.6 Å². The van der Waals surface area contributed by atoms with Crippen molar-refractivity contribution in [2.75, 3.05) is 19.0 Å². The van der Waals surface area contributed by atoms with Gasteiger partial charge >= 0.3 is 0 Å². The SMILES string of the molecule is CCOC1CC(Nc2c(F)cccc2Br)C1OC. The Labute approximate surface area is 115 Å². The molecule has 3 atom stereocenters. The molecule has 1 aromatic carbocycles. The van der Waals surface area contributed by atoms with E-state index in [1.165, 1.54) is 6.07 Å². The lowest BCUT2D eigenvalue weighted by molar-refractivity contribution is -0.118. The Morgan fingerprint density at radius 2 is 2.28 bits per heavy atom. The summed E-state index contributed by atoms with van der Waals surface area (Å²) in [5, 5.41) is 3.18. The zero-order chi connectivity index (χ0) is 13.1. The lowest BCUT2D eigenvalue weighted by atomic mass is 9.85. The van der Waals surface area contributed by atoms with Gasteiger partial charge in [0.2, 0.25) is 0 Å². The third-order valence-corrected chi connectivity index (χ3v) is 3.86. The molecule has 0 aromatic heterocycles. The molecule has 3 unspecified atom stereocenters. The van der Waals surface area contributed by atoms with Crippen LogP contribution in [0.2, 0.25) is 0 Å². The third kappa shape index (κ3) is 2.68. The Bertz CT molecular complexity index is 396. The minimum Gasteiger partial charge on any atom is -0.377 e. The van der Waals surface area contributed by atoms with E-state index in [0.29, 0.717) is 12.3 Å². The van der Waals surface area contributed by atoms with Crippen LogP contribution in [-0.2, 0) is 9.47 Å². The first kappa shape index (κ1) is 13.8. The van der Waals surface area contributed by atoms with Crippen molar-refractivity contribution in [1.29, 1.82) is 0 Å². The Morgan fingerprint density at radius 1 is 1.50 bits per heavy atom. The molecule has 3 nitrogen and oxygen atoms in total. The van der Waals surface area contributed by atoms with Crippen molar-refractivity contribution in [2.24, 2.45) is 0 Å². The maximum atomic E-state index is 13.7. The summed E-state index contributed by atoms with van der Waals surface area (Å²) in [6.45, 7) is 2.63. The van der Waals surface area contributed by atoms with Gasteiger partial charge in [-0.25, -0.2) is 4.39 Å². The molecule has 5 heteroatoms. The molecule has 1 N–H and O–H groups in total. The van der Waals surface area contributed by atoms with Gasteiger partial charge in [-0.15, -0.1) is 0 Å². The lowest BCUT2D eigenvalue weighted by Crippen LogP contribution is -2.57. The Balaban J connectivity index is 2.03. The normalized spacial score (nSPS) is 26.8. The summed E-state index contributed by atoms with van der Waals surface area (Å²) in [4.78, 5) is 0. The molecule has 2 rings (SSSR count). The average molecular weight is 318 g/mol. The van der Waals surface area contributed by atoms with Crippen LogP contribution < -0.4 is 5.32 Å². The first-order chi connectivity index (χ1) is 8.67. The zero-order valence-electron chi connectivity index (χ0n) is 10.5. The summed E-state index contributed by atoms with van der Waals surface area (Å²) >= 11 is 3.34. The summed E-state index contributed by atoms with van der Waals surface area (Å²) in [5.41, 5.74) is 0.486. The smallest absolute Gasteiger partial charge is 0.147 e. The molecule has 1 aromatic rings. The number of rotatable bonds is 5. The van der Waals surface area contributed by atoms with Crippen LogP contribution in [0.15, 0.2) is 22.7 Å². The predicted molar refractivity (Wildman–Crippen MR) is 72.3 cm³/mol. The molecule has 18 heavy (non-hydrogen) atoms. The summed E-state index contributed by atoms with van der Waals surface area (Å²) in [7, 11) is 1.65. The number of ether oxygens (including phenoxy) is 2. The second-order valence-electron chi connectivity index (χ2n) is 4.28. The number of anilines is 1. The van der Waals surface area contributed by atoms with Gasteiger partial charge < -0.3 is 14.8 Å². The van der Waals surface area contributed by atoms with Crippen LogP contribution in [0.25, 0.3) is 0 Å². The number of hydrogen-bond donors (Lipinski definition) is 1. The van der Waals surface area contributed by atoms with Crippen LogP contribution >= 0.6 is 15.9 Å². The van der Waals surface area contributed by atoms with E-state index in [4.69, 9.17) is 9.47 Å². The standard InChI is InChI=1S/C13H17BrFNO2/c1-3-18-11-7-10(13(11)17-2)16-12-8(14)5-4-6-9(12)15/h4-6,10-11,13,16H,3,7H2,1-2H3. The van der Waals surface area contributed by atoms with Gasteiger partial charge in [-0.1, -0.05) is 6.07 Å². The first-order valence-corrected chi connectivity index (χ1v) is 6.81. The lowest BCUT2D eigenvalue weighted by Gasteiger charge is -2.43. The van der Waals surface area contributed by atoms with Gasteiger partial charge in [0.15, 0.2) is 0 Å². The largest absolute Gasteiger partial charge is 0.377 e. The van der Waals surface area contributed by atoms with Crippen LogP contribution in [-0.4, -0.2) is 32.0 Å². The van der Waals surface area contributed by atoms with Crippen LogP contribution in [0, 0.1) is 5.82 Å². The van der Waals surface area contributed by atoms with E-state index in [-0.39, 0.29) is 24.1 Å². The van der Waals surface area contributed by atoms with Crippen LogP contribution in [0.1, 0.15) is 13.3 Å². The Hall–Kier alpha value is -0.650. The number of hydrogen-bond acceptors (Lipinski definition) is 3. The summed E-state index contributed by atoms with van der Waals surface area (Å²) < 4.78 is 25.3. The highest BCUT2D eigenvalue weighted by Gasteiger charge is 2.42. The molecular formula is C13H17BrFNO2. The molecule has 0 saturated heterocycles. The fraction of sp³-hybridized carbons (Fsp3) is 0.538. The molecule has 0 bridgehead atoms. The van der Waals surface area contributed by atoms with Gasteiger partial charge in [0, 0.05) is 18.2 Å². The van der Waals surface area contributed by atoms with Gasteiger partial charge in [-0.2, -0.15) is 0 Å². The molecule has 0 amide bonds. The van der Waals surface area contributed by atoms with Crippen LogP contribution in [0.4, 0.5) is 10.1 Å². The van der Waals surface area contributed by atoms with E-state index in [1.54, 1.807) is 13.2 Å². The first-order valence-electron chi connectivity index (χ1n) is 6.02. The van der Waals surface area contributed by atoms with E-state index in [1.807, 2.05) is 13.0 Å². The van der Waals surface area contributed by atoms with Crippen molar-refractivity contribution < 1.29 is 13.9 Å². The molecule has 0 aliphatic heterocycles. The topological polar surface area (TPSA) is 30.5 Å². The molecular weight excluding hydrogens is 301 g/mol. The van der Waals surface area contributed by atoms with Gasteiger partial charge in [-0.05, 0) is 41.4 Å². The second kappa shape index (κ2) is 5.99. The highest BCUT2D eigenvalue weighted by Crippen LogP contribution is 2.33. The summed E-state index contributed by atoms with van der Waals surface area (Å²) in [6, 6.07) is 5.00. The molecule has 1 saturated carbocycles. The van der Waals surface area contributed by atoms with Crippen molar-refractivity contribution in [3.63, 3.8) is 0 Å². The Morgan fingerprint density at radius 3 is 2.89 bits per heavy atom. The molecule has 1 aliphatic carbocycles. The predicted octanol–water partition coefficient (Wildman–Crippen LogP) is 3.19. The maximum absolute atomic E-state index is 13.7. The van der Waals surface area contributed by atoms with Crippen molar-refractivity contribution in [2.45, 2.75) is 31.6 Å². The molecule has 1 fully saturated rings. The van der Waals surface area contributed by atoms with E-state index < -0.39 is 0 Å². The fourth-order valence-corrected chi connectivity index (χ4v) is 2.69. The number of nitrogens with one attached hydrogen (secondary N) is 1. The number of methoxy groups -OCH3 is 1. The van der Waals surface area contributed by atoms with Gasteiger partial charge in [0.05, 0.1) is 17.8 Å². The minimum atomic E-state index is -0.265. The molecule has 0 radical (unpaired) electrons. The molecule has 0 spiro atoms. The van der Waals surface area contributed by atoms with E-state index in [2.05, 4.69) is 21.2 Å². The highest BCUT2D eigenvalue weighted by molar-refractivity contribution is 9.10. The molecule has 100 valence electrons. The minimum absolute atomic E-state index is 0.0311. The number of halogens is 2. The van der Waals surface area contributed by atoms with Gasteiger partial charge in [-0.3, -0.25) is 0 Å². The highest BCUT2D eigenvalue weighted by atomic mass is 79.9. The number of para-hydroxylation sites is 1. The van der Waals surface area contributed by atoms with Crippen LogP contribution in [0.5, 0.6) is 0 Å². The second-order valence-corrected chi connectivity index (χ2v) is 5.13. The molecule has 0 heterocycles. The average Bonchev–Trinajstić information content (AvgIpc) is 2.31. The summed E-state index contributed by atoms with van der Waals surface area (Å²) in [5.74, 6) is -0.265. The maximum Gasteiger partial charge on any atom is 0.147 e. The van der Waals surface area contributed by atoms with Gasteiger partial charge in [0.25, 0.3) is 0 Å². The van der Waals surface area contributed by atoms with Crippen LogP contribution in [0.3, 0.4) is 0 Å². The fourth-order valence-electron chi connectivity index (χ4n) is 2.24. The monoisotopic (exact) mass is 317 g/mol. The number of benzene rings is 1. The molecule has 1 aliphatic rings. The van der Waals surface area contributed by atoms with Crippen molar-refractivity contribution in [3.05, 3.63) is 28.5 Å². The summed E-state index contributed by atoms with van der Waals surface area (Å²) in [6.07, 6.45) is 0.895. The third-order valence-electron chi connectivity index (χ3n) is 3.19. The quantitative estimate of drug-likeness (QED) is 0.904. The van der Waals surface area contributed by atoms with E-state index >= 15 is 0 Å². The zero-order valence-corrected chi connectivity index (χ0v) is 12.0. The van der Waals surface area contributed by atoms with Gasteiger partial charge in [0.1, 0.15) is 11.9 Å². The van der Waals surface area contributed by atoms with E-state index in [0.717, 1.165) is 10.9 Å².